The molecule has 2 aromatic carbocycles. The molecule has 6 aromatic rings. The lowest BCUT2D eigenvalue weighted by molar-refractivity contribution is -0.175. The number of carbonyl (C=O) groups is 11. The quantitative estimate of drug-likeness (QED) is 0.0109. The Morgan fingerprint density at radius 1 is 0.527 bits per heavy atom. The van der Waals surface area contributed by atoms with Gasteiger partial charge in [-0.15, -0.1) is 0 Å². The summed E-state index contributed by atoms with van der Waals surface area (Å²) >= 11 is 0. The maximum absolute atomic E-state index is 14.5. The van der Waals surface area contributed by atoms with Crippen LogP contribution in [0.1, 0.15) is 132 Å². The lowest BCUT2D eigenvalue weighted by Gasteiger charge is -2.35. The van der Waals surface area contributed by atoms with E-state index in [0.29, 0.717) is 66.0 Å². The molecule has 0 spiro atoms. The molecule has 0 aliphatic carbocycles. The average molecular weight is 1590 g/mol. The van der Waals surface area contributed by atoms with Gasteiger partial charge in [-0.3, -0.25) is 43.2 Å². The molecule has 7 atom stereocenters. The molecule has 0 radical (unpaired) electrons. The first-order valence-electron chi connectivity index (χ1n) is 36.2. The number of pyridine rings is 4. The van der Waals surface area contributed by atoms with Gasteiger partial charge in [-0.2, -0.15) is 0 Å². The molecule has 0 unspecified atom stereocenters. The van der Waals surface area contributed by atoms with E-state index in [1.165, 1.54) is 35.4 Å². The first kappa shape index (κ1) is 82.7. The van der Waals surface area contributed by atoms with Crippen molar-refractivity contribution in [3.63, 3.8) is 0 Å². The topological polar surface area (TPSA) is 463 Å². The van der Waals surface area contributed by atoms with Crippen molar-refractivity contribution in [1.82, 2.24) is 51.0 Å². The Morgan fingerprint density at radius 2 is 0.936 bits per heavy atom. The molecule has 588 valence electrons. The number of hydrogen-bond donors (Lipinski definition) is 9. The molecule has 0 saturated heterocycles. The molecule has 12 N–H and O–H groups in total. The number of aromatic nitrogens is 4. The number of nitrogens with one attached hydrogen (secondary N) is 6. The van der Waals surface area contributed by atoms with E-state index < -0.39 is 118 Å². The Bertz CT molecular complexity index is 4640. The predicted molar refractivity (Wildman–Crippen MR) is 412 cm³/mol. The van der Waals surface area contributed by atoms with Gasteiger partial charge in [0.15, 0.2) is 0 Å². The predicted octanol–water partition coefficient (Wildman–Crippen LogP) is 4.75. The number of primary amides is 1. The van der Waals surface area contributed by atoms with Crippen LogP contribution in [-0.2, 0) is 109 Å². The van der Waals surface area contributed by atoms with Crippen LogP contribution in [-0.4, -0.2) is 171 Å². The van der Waals surface area contributed by atoms with Gasteiger partial charge in [0.2, 0.25) is 52.6 Å². The van der Waals surface area contributed by atoms with E-state index in [9.17, 15) is 62.3 Å². The van der Waals surface area contributed by atoms with Gasteiger partial charge in [-0.1, -0.05) is 93.4 Å². The van der Waals surface area contributed by atoms with Crippen LogP contribution in [0.5, 0.6) is 0 Å². The van der Waals surface area contributed by atoms with E-state index in [-0.39, 0.29) is 143 Å². The van der Waals surface area contributed by atoms with E-state index in [0.717, 1.165) is 43.5 Å². The maximum atomic E-state index is 14.5. The number of benzene rings is 2. The fraction of sp³-hybridized carbons (Fsp3) is 0.473. The second-order valence-electron chi connectivity index (χ2n) is 26.6. The molecule has 110 heavy (non-hydrogen) atoms. The van der Waals surface area contributed by atoms with Crippen LogP contribution in [0.4, 0.5) is 9.59 Å². The number of amides is 7. The highest BCUT2D eigenvalue weighted by molar-refractivity contribution is 8.77. The van der Waals surface area contributed by atoms with Crippen molar-refractivity contribution in [2.24, 2.45) is 17.2 Å². The van der Waals surface area contributed by atoms with Gasteiger partial charge in [0.05, 0.1) is 58.0 Å². The highest BCUT2D eigenvalue weighted by Gasteiger charge is 2.53. The fourth-order valence-corrected chi connectivity index (χ4v) is 17.4. The molecule has 7 amide bonds. The Hall–Kier alpha value is -9.75. The maximum Gasteiger partial charge on any atom is 0.509 e. The Morgan fingerprint density at radius 3 is 1.36 bits per heavy atom. The number of esters is 2. The summed E-state index contributed by atoms with van der Waals surface area (Å²) in [5.74, 6) is -6.23. The smallest absolute Gasteiger partial charge is 0.457 e. The minimum Gasteiger partial charge on any atom is -0.457 e. The molecular weight excluding hydrogens is 1500 g/mol. The Balaban J connectivity index is 0.723. The summed E-state index contributed by atoms with van der Waals surface area (Å²) in [5, 5.41) is 17.9. The summed E-state index contributed by atoms with van der Waals surface area (Å²) in [5.41, 5.74) is 18.0. The highest BCUT2D eigenvalue weighted by atomic mass is 33.1. The number of ether oxygens (including phenoxy) is 6. The normalized spacial score (nSPS) is 17.0. The van der Waals surface area contributed by atoms with Crippen molar-refractivity contribution in [2.75, 3.05) is 55.9 Å². The molecule has 0 fully saturated rings. The second-order valence-corrected chi connectivity index (χ2v) is 31.8. The molecule has 10 rings (SSSR count). The van der Waals surface area contributed by atoms with Gasteiger partial charge < -0.3 is 86.7 Å². The minimum absolute atomic E-state index is 0.0298. The van der Waals surface area contributed by atoms with Crippen LogP contribution in [0, 0.1) is 0 Å². The first-order chi connectivity index (χ1) is 52.9. The van der Waals surface area contributed by atoms with E-state index in [1.807, 2.05) is 60.7 Å². The Labute approximate surface area is 647 Å². The monoisotopic (exact) mass is 1590 g/mol. The largest absolute Gasteiger partial charge is 0.509 e. The van der Waals surface area contributed by atoms with Crippen molar-refractivity contribution in [1.29, 1.82) is 0 Å². The number of rotatable bonds is 39. The SMILES string of the molecule is CC[C@]1(OC(=O)OCCSSC[C@@H](NC(C)=O)C(=O)N[C@@H](CCCCNC(=O)[C@@H](CSSCCOC(=O)O[C@]2(CC)C(=O)OCc3c2cc2n(c3=O)Cc3cc4ccccc4nc3-2)NC(C)=O)C(=O)N[C@@H](CCCCN)C(=O)N[C@@H](CCCCN)C(N)=O)C(=O)OCc2c1cc1n(c2=O)Cc2cc3ccccc3nc2-1. The van der Waals surface area contributed by atoms with Crippen LogP contribution in [0.3, 0.4) is 0 Å². The molecule has 0 bridgehead atoms. The van der Waals surface area contributed by atoms with Crippen LogP contribution in [0.2, 0.25) is 0 Å². The van der Waals surface area contributed by atoms with Gasteiger partial charge >= 0.3 is 24.2 Å². The third-order valence-corrected chi connectivity index (χ3v) is 23.9. The number of nitrogens with zero attached hydrogens (tertiary/aromatic N) is 4. The number of nitrogens with two attached hydrogens (primary N) is 3. The number of fused-ring (bicyclic) bond motifs is 10. The summed E-state index contributed by atoms with van der Waals surface area (Å²) in [6.45, 7) is 5.68. The molecule has 0 saturated carbocycles. The minimum atomic E-state index is -2.03. The lowest BCUT2D eigenvalue weighted by Crippen LogP contribution is -2.58. The second kappa shape index (κ2) is 38.3. The fourth-order valence-electron chi connectivity index (χ4n) is 13.5. The van der Waals surface area contributed by atoms with Crippen LogP contribution in [0.25, 0.3) is 44.6 Å². The molecule has 36 heteroatoms. The van der Waals surface area contributed by atoms with Crippen molar-refractivity contribution in [3.05, 3.63) is 127 Å². The van der Waals surface area contributed by atoms with Gasteiger partial charge in [0.25, 0.3) is 11.1 Å². The highest BCUT2D eigenvalue weighted by Crippen LogP contribution is 2.44. The third kappa shape index (κ3) is 19.5. The Kier molecular flexibility index (Phi) is 28.8. The lowest BCUT2D eigenvalue weighted by atomic mass is 9.85. The van der Waals surface area contributed by atoms with Crippen molar-refractivity contribution in [2.45, 2.75) is 166 Å². The molecule has 32 nitrogen and oxygen atoms in total. The average Bonchev–Trinajstić information content (AvgIpc) is 1.50. The van der Waals surface area contributed by atoms with Crippen molar-refractivity contribution >= 4 is 131 Å². The van der Waals surface area contributed by atoms with E-state index >= 15 is 0 Å². The summed E-state index contributed by atoms with van der Waals surface area (Å²) in [6, 6.07) is 16.3. The number of cyclic esters (lactones) is 2. The summed E-state index contributed by atoms with van der Waals surface area (Å²) < 4.78 is 36.5. The summed E-state index contributed by atoms with van der Waals surface area (Å²) in [6.07, 6.45) is -0.130. The summed E-state index contributed by atoms with van der Waals surface area (Å²) in [7, 11) is 4.67. The number of para-hydroxylation sites is 2. The summed E-state index contributed by atoms with van der Waals surface area (Å²) in [4.78, 5) is 186. The van der Waals surface area contributed by atoms with Gasteiger partial charge in [-0.25, -0.2) is 29.1 Å². The zero-order valence-electron chi connectivity index (χ0n) is 61.2. The standard InChI is InChI=1S/C74H89N13O19S4/c1-5-73(49-33-58-60-45(31-43-17-7-9-19-51(43)81-60)35-86(58)67(95)47(49)37-103-69(73)97)105-71(99)101-27-29-107-109-39-56(79-41(3)88)63(91)78-26-16-13-23-55(65(93)84-54(22-12-15-25-76)64(92)83-53(62(77)90)21-11-14-24-75)85-66(94)57(80-42(4)89)40-110-108-30-28-102-72(100)106-74(6-2)50-34-59-61-46(32-44-18-8-10-20-52(44)82-61)36-87(59)68(96)48(50)38-104-70(74)98/h7-10,17-20,31-34,53-57H,5-6,11-16,21-30,35-40,75-76H2,1-4H3,(H2,77,90)(H,78,91)(H,79,88)(H,80,89)(H,83,92)(H,84,93)(H,85,94)/t53-,54-,55-,56+,57+,73-,74+/m0/s1. The van der Waals surface area contributed by atoms with Gasteiger partial charge in [-0.05, 0) is 120 Å². The molecular formula is C74H89N13O19S4. The number of unbranched alkanes of at least 4 members (excludes halogenated alkanes) is 3. The molecule has 4 aromatic heterocycles. The van der Waals surface area contributed by atoms with Crippen molar-refractivity contribution in [3.8, 4) is 22.8 Å². The zero-order valence-corrected chi connectivity index (χ0v) is 64.5. The van der Waals surface area contributed by atoms with Crippen molar-refractivity contribution < 1.29 is 81.2 Å². The van der Waals surface area contributed by atoms with Crippen LogP contribution >= 0.6 is 43.2 Å². The first-order valence-corrected chi connectivity index (χ1v) is 41.2. The molecule has 4 aliphatic heterocycles. The van der Waals surface area contributed by atoms with Crippen LogP contribution < -0.4 is 60.2 Å². The number of carbonyl (C=O) groups excluding carboxylic acids is 11. The zero-order chi connectivity index (χ0) is 78.8. The van der Waals surface area contributed by atoms with E-state index in [1.54, 1.807) is 35.1 Å². The van der Waals surface area contributed by atoms with E-state index in [2.05, 4.69) is 31.9 Å². The van der Waals surface area contributed by atoms with Crippen LogP contribution in [0.15, 0.2) is 82.4 Å². The van der Waals surface area contributed by atoms with Gasteiger partial charge in [0, 0.05) is 76.4 Å². The molecule has 8 heterocycles. The third-order valence-electron chi connectivity index (χ3n) is 19.1. The van der Waals surface area contributed by atoms with E-state index in [4.69, 9.17) is 55.6 Å². The van der Waals surface area contributed by atoms with Gasteiger partial charge in [0.1, 0.15) is 56.6 Å². The molecule has 4 aliphatic rings. The number of hydrogen-bond acceptors (Lipinski definition) is 27.